The Hall–Kier alpha value is -2.46. The van der Waals surface area contributed by atoms with Crippen LogP contribution in [0.25, 0.3) is 0 Å². The Balaban J connectivity index is 1.94. The molecule has 1 amide bonds. The van der Waals surface area contributed by atoms with Gasteiger partial charge in [0.1, 0.15) is 6.04 Å². The Morgan fingerprint density at radius 2 is 1.61 bits per heavy atom. The molecule has 1 atom stereocenters. The fourth-order valence-electron chi connectivity index (χ4n) is 3.81. The Kier molecular flexibility index (Phi) is 8.82. The molecule has 1 fully saturated rings. The first-order valence-electron chi connectivity index (χ1n) is 11.1. The highest BCUT2D eigenvalue weighted by Gasteiger charge is 2.37. The van der Waals surface area contributed by atoms with Gasteiger partial charge in [0, 0.05) is 32.5 Å². The van der Waals surface area contributed by atoms with E-state index < -0.39 is 42.0 Å². The van der Waals surface area contributed by atoms with Crippen molar-refractivity contribution < 1.29 is 31.1 Å². The molecule has 4 nitrogen and oxygen atoms in total. The lowest BCUT2D eigenvalue weighted by Crippen LogP contribution is -2.45. The van der Waals surface area contributed by atoms with Gasteiger partial charge in [0.15, 0.2) is 0 Å². The molecule has 2 aromatic carbocycles. The molecule has 0 bridgehead atoms. The second-order valence-electron chi connectivity index (χ2n) is 8.40. The van der Waals surface area contributed by atoms with Crippen LogP contribution < -0.4 is 5.32 Å². The van der Waals surface area contributed by atoms with Crippen LogP contribution in [-0.2, 0) is 30.1 Å². The van der Waals surface area contributed by atoms with Gasteiger partial charge in [-0.1, -0.05) is 36.2 Å². The molecule has 1 saturated heterocycles. The van der Waals surface area contributed by atoms with Crippen molar-refractivity contribution in [2.24, 2.45) is 4.99 Å². The maximum atomic E-state index is 13.4. The van der Waals surface area contributed by atoms with Gasteiger partial charge in [-0.15, -0.1) is 0 Å². The van der Waals surface area contributed by atoms with Crippen LogP contribution in [-0.4, -0.2) is 35.8 Å². The molecule has 0 radical (unpaired) electrons. The molecule has 1 aliphatic heterocycles. The van der Waals surface area contributed by atoms with Gasteiger partial charge in [-0.05, 0) is 47.9 Å². The number of alkyl halides is 6. The number of amides is 1. The number of hydrogen-bond donors (Lipinski definition) is 1. The fraction of sp³-hybridized carbons (Fsp3) is 0.417. The van der Waals surface area contributed by atoms with E-state index in [0.717, 1.165) is 6.42 Å². The Bertz CT molecular complexity index is 1100. The number of rotatable bonds is 6. The third-order valence-electron chi connectivity index (χ3n) is 5.54. The van der Waals surface area contributed by atoms with Crippen molar-refractivity contribution in [2.75, 3.05) is 13.1 Å². The highest BCUT2D eigenvalue weighted by atomic mass is 35.5. The van der Waals surface area contributed by atoms with Crippen LogP contribution in [0.2, 0.25) is 10.0 Å². The minimum absolute atomic E-state index is 0.0674. The summed E-state index contributed by atoms with van der Waals surface area (Å²) in [5.41, 5.74) is -2.45. The van der Waals surface area contributed by atoms with Crippen molar-refractivity contribution in [1.29, 1.82) is 0 Å². The number of hydrogen-bond acceptors (Lipinski definition) is 2. The molecule has 1 aliphatic rings. The van der Waals surface area contributed by atoms with Crippen LogP contribution in [0.3, 0.4) is 0 Å². The second-order valence-corrected chi connectivity index (χ2v) is 9.22. The van der Waals surface area contributed by atoms with Gasteiger partial charge in [0.2, 0.25) is 5.91 Å². The maximum Gasteiger partial charge on any atom is 0.416 e. The number of halogens is 8. The summed E-state index contributed by atoms with van der Waals surface area (Å²) in [6.45, 7) is 2.08. The van der Waals surface area contributed by atoms with Crippen molar-refractivity contribution >= 4 is 34.9 Å². The molecule has 0 spiro atoms. The zero-order valence-electron chi connectivity index (χ0n) is 19.1. The predicted octanol–water partition coefficient (Wildman–Crippen LogP) is 6.77. The summed E-state index contributed by atoms with van der Waals surface area (Å²) < 4.78 is 79.8. The number of nitrogens with zero attached hydrogens (tertiary/aromatic N) is 2. The van der Waals surface area contributed by atoms with Crippen molar-refractivity contribution in [3.63, 3.8) is 0 Å². The van der Waals surface area contributed by atoms with Crippen LogP contribution in [0.1, 0.15) is 42.0 Å². The van der Waals surface area contributed by atoms with E-state index in [4.69, 9.17) is 23.2 Å². The topological polar surface area (TPSA) is 44.7 Å². The minimum atomic E-state index is -4.98. The van der Waals surface area contributed by atoms with Crippen molar-refractivity contribution in [3.8, 4) is 0 Å². The van der Waals surface area contributed by atoms with E-state index in [1.54, 1.807) is 18.2 Å². The van der Waals surface area contributed by atoms with Gasteiger partial charge in [-0.2, -0.15) is 26.3 Å². The highest BCUT2D eigenvalue weighted by molar-refractivity contribution is 6.42. The SMILES string of the molecule is CCCN=C1CCN(Cc2cc(C(F)(F)F)cc(C(F)(F)F)c2)C(=O)C(Cc2ccc(Cl)c(Cl)c2)N1. The summed E-state index contributed by atoms with van der Waals surface area (Å²) in [7, 11) is 0. The first-order valence-corrected chi connectivity index (χ1v) is 11.8. The largest absolute Gasteiger partial charge is 0.416 e. The van der Waals surface area contributed by atoms with E-state index in [1.807, 2.05) is 6.92 Å². The Labute approximate surface area is 214 Å². The summed E-state index contributed by atoms with van der Waals surface area (Å²) >= 11 is 12.0. The number of nitrogens with one attached hydrogen (secondary N) is 1. The lowest BCUT2D eigenvalue weighted by molar-refractivity contribution is -0.143. The average Bonchev–Trinajstić information content (AvgIpc) is 2.93. The summed E-state index contributed by atoms with van der Waals surface area (Å²) in [5.74, 6) is 0.0616. The lowest BCUT2D eigenvalue weighted by Gasteiger charge is -2.25. The molecular formula is C24H23Cl2F6N3O. The number of aliphatic imine (C=N–C) groups is 1. The molecule has 12 heteroatoms. The molecule has 3 rings (SSSR count). The predicted molar refractivity (Wildman–Crippen MR) is 126 cm³/mol. The lowest BCUT2D eigenvalue weighted by atomic mass is 10.0. The van der Waals surface area contributed by atoms with Gasteiger partial charge in [0.05, 0.1) is 27.0 Å². The monoisotopic (exact) mass is 553 g/mol. The molecule has 0 aromatic heterocycles. The number of carbonyl (C=O) groups is 1. The molecule has 1 N–H and O–H groups in total. The van der Waals surface area contributed by atoms with E-state index >= 15 is 0 Å². The standard InChI is InChI=1S/C24H23Cl2F6N3O/c1-2-6-33-21-5-7-35(22(36)20(34-21)11-14-3-4-18(25)19(26)10-14)13-15-8-16(23(27,28)29)12-17(9-15)24(30,31)32/h3-4,8-10,12,20H,2,5-7,11,13H2,1H3,(H,33,34). The first kappa shape index (κ1) is 28.1. The van der Waals surface area contributed by atoms with E-state index in [2.05, 4.69) is 10.3 Å². The Morgan fingerprint density at radius 1 is 0.972 bits per heavy atom. The number of carbonyl (C=O) groups excluding carboxylic acids is 1. The molecule has 0 saturated carbocycles. The minimum Gasteiger partial charge on any atom is -0.362 e. The summed E-state index contributed by atoms with van der Waals surface area (Å²) in [4.78, 5) is 19.1. The maximum absolute atomic E-state index is 13.4. The summed E-state index contributed by atoms with van der Waals surface area (Å²) in [6.07, 6.45) is -8.76. The van der Waals surface area contributed by atoms with Crippen LogP contribution in [0.15, 0.2) is 41.4 Å². The van der Waals surface area contributed by atoms with Gasteiger partial charge in [0.25, 0.3) is 0 Å². The molecule has 36 heavy (non-hydrogen) atoms. The van der Waals surface area contributed by atoms with Crippen molar-refractivity contribution in [2.45, 2.75) is 51.1 Å². The van der Waals surface area contributed by atoms with E-state index in [9.17, 15) is 31.1 Å². The van der Waals surface area contributed by atoms with Crippen molar-refractivity contribution in [1.82, 2.24) is 10.2 Å². The van der Waals surface area contributed by atoms with E-state index in [0.29, 0.717) is 35.1 Å². The van der Waals surface area contributed by atoms with Crippen molar-refractivity contribution in [3.05, 3.63) is 68.7 Å². The van der Waals surface area contributed by atoms with Gasteiger partial charge < -0.3 is 10.2 Å². The van der Waals surface area contributed by atoms with Gasteiger partial charge in [-0.3, -0.25) is 9.79 Å². The van der Waals surface area contributed by atoms with Crippen LogP contribution in [0.4, 0.5) is 26.3 Å². The molecule has 1 heterocycles. The molecular weight excluding hydrogens is 531 g/mol. The smallest absolute Gasteiger partial charge is 0.362 e. The molecule has 2 aromatic rings. The van der Waals surface area contributed by atoms with Gasteiger partial charge >= 0.3 is 12.4 Å². The quantitative estimate of drug-likeness (QED) is 0.401. The van der Waals surface area contributed by atoms with Gasteiger partial charge in [-0.25, -0.2) is 0 Å². The van der Waals surface area contributed by atoms with Crippen LogP contribution in [0.5, 0.6) is 0 Å². The molecule has 196 valence electrons. The first-order chi connectivity index (χ1) is 16.8. The van der Waals surface area contributed by atoms with E-state index in [1.165, 1.54) is 4.90 Å². The Morgan fingerprint density at radius 3 is 2.17 bits per heavy atom. The third kappa shape index (κ3) is 7.29. The second kappa shape index (κ2) is 11.3. The fourth-order valence-corrected chi connectivity index (χ4v) is 4.13. The number of amidine groups is 1. The molecule has 0 aliphatic carbocycles. The molecule has 1 unspecified atom stereocenters. The third-order valence-corrected chi connectivity index (χ3v) is 6.28. The zero-order chi connectivity index (χ0) is 26.7. The highest BCUT2D eigenvalue weighted by Crippen LogP contribution is 2.36. The summed E-state index contributed by atoms with van der Waals surface area (Å²) in [6, 6.07) is 5.35. The normalized spacial score (nSPS) is 18.4. The van der Waals surface area contributed by atoms with Crippen LogP contribution >= 0.6 is 23.2 Å². The van der Waals surface area contributed by atoms with E-state index in [-0.39, 0.29) is 36.0 Å². The zero-order valence-corrected chi connectivity index (χ0v) is 20.6. The number of benzene rings is 2. The van der Waals surface area contributed by atoms with Crippen LogP contribution in [0, 0.1) is 0 Å². The average molecular weight is 554 g/mol. The summed E-state index contributed by atoms with van der Waals surface area (Å²) in [5, 5.41) is 3.71.